The quantitative estimate of drug-likeness (QED) is 0.749. The average Bonchev–Trinajstić information content (AvgIpc) is 3.10. The van der Waals surface area contributed by atoms with E-state index < -0.39 is 10.0 Å². The molecule has 6 nitrogen and oxygen atoms in total. The van der Waals surface area contributed by atoms with Crippen molar-refractivity contribution in [2.24, 2.45) is 0 Å². The maximum absolute atomic E-state index is 12.4. The van der Waals surface area contributed by atoms with Crippen molar-refractivity contribution in [1.29, 1.82) is 0 Å². The number of hydrogen-bond acceptors (Lipinski definition) is 5. The summed E-state index contributed by atoms with van der Waals surface area (Å²) in [6, 6.07) is 10.2. The molecule has 1 aromatic carbocycles. The molecular weight excluding hydrogens is 376 g/mol. The summed E-state index contributed by atoms with van der Waals surface area (Å²) in [6.45, 7) is 0. The second-order valence-corrected chi connectivity index (χ2v) is 8.39. The van der Waals surface area contributed by atoms with E-state index in [1.54, 1.807) is 36.4 Å². The van der Waals surface area contributed by atoms with Gasteiger partial charge in [0.1, 0.15) is 16.9 Å². The Balaban J connectivity index is 1.99. The van der Waals surface area contributed by atoms with E-state index in [1.165, 1.54) is 17.3 Å². The highest BCUT2D eigenvalue weighted by atomic mass is 79.9. The van der Waals surface area contributed by atoms with E-state index in [9.17, 15) is 8.42 Å². The van der Waals surface area contributed by atoms with Crippen LogP contribution in [0.5, 0.6) is 0 Å². The largest absolute Gasteiger partial charge is 0.277 e. The molecule has 3 rings (SSSR count). The van der Waals surface area contributed by atoms with E-state index in [0.29, 0.717) is 11.4 Å². The second-order valence-electron chi connectivity index (χ2n) is 4.02. The first-order chi connectivity index (χ1) is 10.1. The average molecular weight is 385 g/mol. The molecule has 108 valence electrons. The van der Waals surface area contributed by atoms with Gasteiger partial charge in [-0.05, 0) is 40.2 Å². The fraction of sp³-hybridized carbons (Fsp3) is 0. The van der Waals surface area contributed by atoms with Gasteiger partial charge in [-0.1, -0.05) is 12.1 Å². The lowest BCUT2D eigenvalue weighted by atomic mass is 10.3. The van der Waals surface area contributed by atoms with Crippen molar-refractivity contribution in [2.75, 3.05) is 4.72 Å². The fourth-order valence-electron chi connectivity index (χ4n) is 1.73. The Bertz CT molecular complexity index is 859. The van der Waals surface area contributed by atoms with Gasteiger partial charge in [0.25, 0.3) is 10.0 Å². The predicted octanol–water partition coefficient (Wildman–Crippen LogP) is 2.89. The van der Waals surface area contributed by atoms with Crippen LogP contribution in [0.15, 0.2) is 57.0 Å². The fourth-order valence-corrected chi connectivity index (χ4v) is 4.81. The molecule has 0 fully saturated rings. The third-order valence-corrected chi connectivity index (χ3v) is 6.11. The van der Waals surface area contributed by atoms with Crippen molar-refractivity contribution in [3.05, 3.63) is 52.8 Å². The molecule has 2 aromatic heterocycles. The molecule has 2 heterocycles. The van der Waals surface area contributed by atoms with Crippen molar-refractivity contribution < 1.29 is 8.42 Å². The molecule has 0 aliphatic heterocycles. The summed E-state index contributed by atoms with van der Waals surface area (Å²) in [5.41, 5.74) is 1.04. The van der Waals surface area contributed by atoms with Crippen LogP contribution in [0.2, 0.25) is 0 Å². The maximum atomic E-state index is 12.4. The molecule has 0 amide bonds. The van der Waals surface area contributed by atoms with Gasteiger partial charge in [0.05, 0.1) is 15.2 Å². The van der Waals surface area contributed by atoms with Crippen LogP contribution in [0.25, 0.3) is 5.69 Å². The summed E-state index contributed by atoms with van der Waals surface area (Å²) in [5.74, 6) is 0. The number of hydrogen-bond donors (Lipinski definition) is 1. The highest BCUT2D eigenvalue weighted by Crippen LogP contribution is 2.29. The minimum absolute atomic E-state index is 0.239. The SMILES string of the molecule is O=S(=O)(Nc1ccccc1-n1cncn1)c1ccc(Br)s1. The summed E-state index contributed by atoms with van der Waals surface area (Å²) < 4.78 is 29.8. The van der Waals surface area contributed by atoms with E-state index in [4.69, 9.17) is 0 Å². The molecule has 1 N–H and O–H groups in total. The van der Waals surface area contributed by atoms with Crippen LogP contribution in [0.3, 0.4) is 0 Å². The third-order valence-electron chi connectivity index (χ3n) is 2.63. The van der Waals surface area contributed by atoms with Gasteiger partial charge >= 0.3 is 0 Å². The number of aromatic nitrogens is 3. The van der Waals surface area contributed by atoms with Crippen LogP contribution < -0.4 is 4.72 Å². The first-order valence-corrected chi connectivity index (χ1v) is 8.88. The molecular formula is C12H9BrN4O2S2. The molecule has 0 unspecified atom stereocenters. The zero-order chi connectivity index (χ0) is 14.9. The lowest BCUT2D eigenvalue weighted by molar-refractivity contribution is 0.603. The van der Waals surface area contributed by atoms with Crippen LogP contribution in [0.4, 0.5) is 5.69 Å². The maximum Gasteiger partial charge on any atom is 0.271 e. The van der Waals surface area contributed by atoms with Crippen molar-refractivity contribution in [1.82, 2.24) is 14.8 Å². The molecule has 0 bridgehead atoms. The normalized spacial score (nSPS) is 11.5. The number of sulfonamides is 1. The molecule has 0 saturated heterocycles. The lowest BCUT2D eigenvalue weighted by Crippen LogP contribution is -2.13. The van der Waals surface area contributed by atoms with Gasteiger partial charge in [-0.3, -0.25) is 4.72 Å². The molecule has 0 atom stereocenters. The van der Waals surface area contributed by atoms with Gasteiger partial charge in [0.2, 0.25) is 0 Å². The Morgan fingerprint density at radius 2 is 2.00 bits per heavy atom. The molecule has 0 aliphatic carbocycles. The number of thiophene rings is 1. The second kappa shape index (κ2) is 5.58. The number of nitrogens with one attached hydrogen (secondary N) is 1. The van der Waals surface area contributed by atoms with Crippen LogP contribution in [-0.4, -0.2) is 23.2 Å². The van der Waals surface area contributed by atoms with E-state index in [1.807, 2.05) is 0 Å². The minimum atomic E-state index is -3.63. The van der Waals surface area contributed by atoms with Crippen LogP contribution in [0, 0.1) is 0 Å². The summed E-state index contributed by atoms with van der Waals surface area (Å²) >= 11 is 4.41. The van der Waals surface area contributed by atoms with Crippen molar-refractivity contribution in [2.45, 2.75) is 4.21 Å². The summed E-state index contributed by atoms with van der Waals surface area (Å²) in [6.07, 6.45) is 2.90. The summed E-state index contributed by atoms with van der Waals surface area (Å²) in [5, 5.41) is 4.02. The first kappa shape index (κ1) is 14.2. The van der Waals surface area contributed by atoms with Gasteiger partial charge in [-0.2, -0.15) is 5.10 Å². The number of benzene rings is 1. The van der Waals surface area contributed by atoms with Crippen LogP contribution in [0.1, 0.15) is 0 Å². The van der Waals surface area contributed by atoms with Crippen molar-refractivity contribution >= 4 is 43.0 Å². The van der Waals surface area contributed by atoms with E-state index in [0.717, 1.165) is 15.1 Å². The highest BCUT2D eigenvalue weighted by molar-refractivity contribution is 9.11. The Morgan fingerprint density at radius 1 is 1.19 bits per heavy atom. The smallest absolute Gasteiger partial charge is 0.271 e. The Hall–Kier alpha value is -1.71. The number of halogens is 1. The number of rotatable bonds is 4. The van der Waals surface area contributed by atoms with Crippen LogP contribution in [-0.2, 0) is 10.0 Å². The lowest BCUT2D eigenvalue weighted by Gasteiger charge is -2.11. The summed E-state index contributed by atoms with van der Waals surface area (Å²) in [4.78, 5) is 3.87. The van der Waals surface area contributed by atoms with E-state index in [2.05, 4.69) is 30.7 Å². The minimum Gasteiger partial charge on any atom is -0.277 e. The zero-order valence-corrected chi connectivity index (χ0v) is 13.7. The number of nitrogens with zero attached hydrogens (tertiary/aromatic N) is 3. The van der Waals surface area contributed by atoms with Crippen molar-refractivity contribution in [3.63, 3.8) is 0 Å². The van der Waals surface area contributed by atoms with Gasteiger partial charge in [0, 0.05) is 0 Å². The molecule has 9 heteroatoms. The standard InChI is InChI=1S/C12H9BrN4O2S2/c13-11-5-6-12(20-11)21(18,19)16-9-3-1-2-4-10(9)17-8-14-7-15-17/h1-8,16H. The van der Waals surface area contributed by atoms with E-state index >= 15 is 0 Å². The van der Waals surface area contributed by atoms with Gasteiger partial charge in [0.15, 0.2) is 0 Å². The van der Waals surface area contributed by atoms with Gasteiger partial charge in [-0.15, -0.1) is 11.3 Å². The number of anilines is 1. The Kier molecular flexibility index (Phi) is 3.79. The monoisotopic (exact) mass is 384 g/mol. The van der Waals surface area contributed by atoms with Crippen LogP contribution >= 0.6 is 27.3 Å². The third kappa shape index (κ3) is 2.99. The Labute approximate surface area is 133 Å². The van der Waals surface area contributed by atoms with Gasteiger partial charge in [-0.25, -0.2) is 18.1 Å². The molecule has 0 aliphatic rings. The molecule has 3 aromatic rings. The van der Waals surface area contributed by atoms with Gasteiger partial charge < -0.3 is 0 Å². The molecule has 21 heavy (non-hydrogen) atoms. The van der Waals surface area contributed by atoms with Crippen molar-refractivity contribution in [3.8, 4) is 5.69 Å². The van der Waals surface area contributed by atoms with E-state index in [-0.39, 0.29) is 4.21 Å². The summed E-state index contributed by atoms with van der Waals surface area (Å²) in [7, 11) is -3.63. The Morgan fingerprint density at radius 3 is 2.67 bits per heavy atom. The molecule has 0 saturated carbocycles. The zero-order valence-electron chi connectivity index (χ0n) is 10.5. The first-order valence-electron chi connectivity index (χ1n) is 5.78. The predicted molar refractivity (Wildman–Crippen MR) is 84.2 cm³/mol. The molecule has 0 spiro atoms. The highest BCUT2D eigenvalue weighted by Gasteiger charge is 2.18. The molecule has 0 radical (unpaired) electrons. The topological polar surface area (TPSA) is 76.9 Å². The number of para-hydroxylation sites is 2.